The molecule has 0 bridgehead atoms. The van der Waals surface area contributed by atoms with Crippen molar-refractivity contribution in [3.8, 4) is 0 Å². The Bertz CT molecular complexity index is 44.9. The molecule has 0 saturated heterocycles. The van der Waals surface area contributed by atoms with Gasteiger partial charge < -0.3 is 0 Å². The summed E-state index contributed by atoms with van der Waals surface area (Å²) in [6, 6.07) is 0. The van der Waals surface area contributed by atoms with Gasteiger partial charge in [-0.3, -0.25) is 0 Å². The molecule has 2 heteroatoms. The van der Waals surface area contributed by atoms with Crippen LogP contribution >= 0.6 is 0 Å². The van der Waals surface area contributed by atoms with E-state index in [-0.39, 0.29) is 23.2 Å². The zero-order chi connectivity index (χ0) is 3.54. The molecule has 1 radical (unpaired) electrons. The maximum absolute atomic E-state index is 4.15. The molecule has 1 rings (SSSR count). The van der Waals surface area contributed by atoms with Crippen molar-refractivity contribution in [3.05, 3.63) is 0 Å². The number of hydrogen-bond acceptors (Lipinski definition) is 1. The molecule has 0 aliphatic carbocycles. The molecule has 25 valence electrons. The number of nitrogens with zero attached hydrogens (tertiary/aromatic N) is 1. The van der Waals surface area contributed by atoms with Gasteiger partial charge in [-0.25, -0.2) is 0 Å². The molecule has 1 aliphatic heterocycles. The average molecular weight is 170 g/mol. The van der Waals surface area contributed by atoms with Crippen LogP contribution in [0.15, 0.2) is 2.98 Å². The Morgan fingerprint density at radius 2 is 2.80 bits per heavy atom. The summed E-state index contributed by atoms with van der Waals surface area (Å²) < 4.78 is 5.62. The Labute approximate surface area is 43.2 Å². The summed E-state index contributed by atoms with van der Waals surface area (Å²) in [6.45, 7) is 0. The SMILES string of the molecule is C1=[N][In][CH2]C1. The van der Waals surface area contributed by atoms with E-state index in [0.29, 0.717) is 0 Å². The molecule has 5 heavy (non-hydrogen) atoms. The fourth-order valence-corrected chi connectivity index (χ4v) is 2.50. The topological polar surface area (TPSA) is 12.4 Å². The van der Waals surface area contributed by atoms with Gasteiger partial charge in [-0.05, 0) is 0 Å². The predicted octanol–water partition coefficient (Wildman–Crippen LogP) is 0.498. The molecule has 0 atom stereocenters. The summed E-state index contributed by atoms with van der Waals surface area (Å²) >= 11 is -0.239. The Morgan fingerprint density at radius 3 is 3.00 bits per heavy atom. The summed E-state index contributed by atoms with van der Waals surface area (Å²) in [6.07, 6.45) is 3.36. The van der Waals surface area contributed by atoms with E-state index in [0.717, 1.165) is 0 Å². The first kappa shape index (κ1) is 3.72. The van der Waals surface area contributed by atoms with Crippen LogP contribution in [0.1, 0.15) is 6.42 Å². The van der Waals surface area contributed by atoms with Crippen molar-refractivity contribution in [2.45, 2.75) is 10.6 Å². The summed E-state index contributed by atoms with van der Waals surface area (Å²) in [5.74, 6) is 0. The monoisotopic (exact) mass is 170 g/mol. The van der Waals surface area contributed by atoms with Gasteiger partial charge in [0.05, 0.1) is 0 Å². The van der Waals surface area contributed by atoms with Gasteiger partial charge in [0, 0.05) is 0 Å². The van der Waals surface area contributed by atoms with Crippen LogP contribution < -0.4 is 0 Å². The summed E-state index contributed by atoms with van der Waals surface area (Å²) in [7, 11) is 0. The van der Waals surface area contributed by atoms with E-state index in [2.05, 4.69) is 9.19 Å². The average Bonchev–Trinajstić information content (AvgIpc) is 1.76. The molecule has 0 aromatic heterocycles. The van der Waals surface area contributed by atoms with Gasteiger partial charge in [0.25, 0.3) is 0 Å². The first-order valence-electron chi connectivity index (χ1n) is 1.83. The zero-order valence-corrected chi connectivity index (χ0v) is 6.31. The van der Waals surface area contributed by atoms with E-state index < -0.39 is 0 Å². The van der Waals surface area contributed by atoms with Crippen LogP contribution in [-0.4, -0.2) is 29.4 Å². The Hall–Kier alpha value is 0.540. The second-order valence-corrected chi connectivity index (χ2v) is 4.63. The second kappa shape index (κ2) is 1.85. The van der Waals surface area contributed by atoms with Gasteiger partial charge in [-0.2, -0.15) is 0 Å². The molecule has 0 aromatic carbocycles. The molecule has 0 fully saturated rings. The van der Waals surface area contributed by atoms with E-state index in [9.17, 15) is 0 Å². The normalized spacial score (nSPS) is 19.2. The van der Waals surface area contributed by atoms with Gasteiger partial charge in [0.2, 0.25) is 0 Å². The van der Waals surface area contributed by atoms with Crippen molar-refractivity contribution in [1.82, 2.24) is 0 Å². The molecule has 0 N–H and O–H groups in total. The van der Waals surface area contributed by atoms with E-state index in [1.807, 2.05) is 0 Å². The van der Waals surface area contributed by atoms with E-state index in [1.54, 1.807) is 0 Å². The quantitative estimate of drug-likeness (QED) is 0.501. The molecule has 0 spiro atoms. The van der Waals surface area contributed by atoms with Crippen LogP contribution in [0.2, 0.25) is 4.18 Å². The minimum absolute atomic E-state index is 0.239. The fraction of sp³-hybridized carbons (Fsp3) is 0.667. The Balaban J connectivity index is 2.32. The van der Waals surface area contributed by atoms with Crippen molar-refractivity contribution in [3.63, 3.8) is 0 Å². The summed E-state index contributed by atoms with van der Waals surface area (Å²) in [4.78, 5) is 0. The summed E-state index contributed by atoms with van der Waals surface area (Å²) in [5, 5.41) is 0. The van der Waals surface area contributed by atoms with Gasteiger partial charge in [-0.1, -0.05) is 0 Å². The van der Waals surface area contributed by atoms with Gasteiger partial charge >= 0.3 is 43.0 Å². The van der Waals surface area contributed by atoms with Gasteiger partial charge in [-0.15, -0.1) is 0 Å². The number of rotatable bonds is 0. The van der Waals surface area contributed by atoms with E-state index >= 15 is 0 Å². The molecule has 0 unspecified atom stereocenters. The third kappa shape index (κ3) is 0.954. The van der Waals surface area contributed by atoms with E-state index in [1.165, 1.54) is 10.6 Å². The third-order valence-corrected chi connectivity index (χ3v) is 3.53. The van der Waals surface area contributed by atoms with Crippen molar-refractivity contribution in [2.24, 2.45) is 2.98 Å². The van der Waals surface area contributed by atoms with Crippen LogP contribution in [0.4, 0.5) is 0 Å². The maximum atomic E-state index is 4.15. The molecule has 1 aliphatic rings. The van der Waals surface area contributed by atoms with Crippen LogP contribution in [0.3, 0.4) is 0 Å². The molecule has 1 nitrogen and oxygen atoms in total. The van der Waals surface area contributed by atoms with Crippen LogP contribution in [0, 0.1) is 0 Å². The first-order valence-corrected chi connectivity index (χ1v) is 5.64. The molecular weight excluding hydrogens is 165 g/mol. The van der Waals surface area contributed by atoms with Crippen molar-refractivity contribution >= 4 is 29.4 Å². The molecule has 0 amide bonds. The van der Waals surface area contributed by atoms with Crippen molar-refractivity contribution in [1.29, 1.82) is 0 Å². The zero-order valence-electron chi connectivity index (χ0n) is 3.02. The molecule has 1 heterocycles. The van der Waals surface area contributed by atoms with Crippen molar-refractivity contribution < 1.29 is 0 Å². The number of hydrogen-bond donors (Lipinski definition) is 0. The molecular formula is C3H5InN. The Kier molecular flexibility index (Phi) is 1.38. The van der Waals surface area contributed by atoms with Gasteiger partial charge in [0.1, 0.15) is 0 Å². The first-order chi connectivity index (χ1) is 2.50. The second-order valence-electron chi connectivity index (χ2n) is 1.09. The minimum atomic E-state index is -0.239. The molecule has 0 saturated carbocycles. The summed E-state index contributed by atoms with van der Waals surface area (Å²) in [5.41, 5.74) is 0. The molecule has 0 aromatic rings. The fourth-order valence-electron chi connectivity index (χ4n) is 0.373. The van der Waals surface area contributed by atoms with Crippen LogP contribution in [0.5, 0.6) is 0 Å². The third-order valence-electron chi connectivity index (χ3n) is 0.636. The van der Waals surface area contributed by atoms with Crippen molar-refractivity contribution in [2.75, 3.05) is 0 Å². The Morgan fingerprint density at radius 1 is 1.80 bits per heavy atom. The predicted molar refractivity (Wildman–Crippen MR) is 23.7 cm³/mol. The van der Waals surface area contributed by atoms with Crippen LogP contribution in [0.25, 0.3) is 0 Å². The van der Waals surface area contributed by atoms with Crippen LogP contribution in [-0.2, 0) is 0 Å². The van der Waals surface area contributed by atoms with Gasteiger partial charge in [0.15, 0.2) is 0 Å². The standard InChI is InChI=1S/C3H5N.In/c1-2-3-4;/h3H,1-2H2;/q-1;+1. The van der Waals surface area contributed by atoms with E-state index in [4.69, 9.17) is 0 Å².